The third-order valence-corrected chi connectivity index (χ3v) is 5.46. The van der Waals surface area contributed by atoms with Gasteiger partial charge >= 0.3 is 0 Å². The summed E-state index contributed by atoms with van der Waals surface area (Å²) >= 11 is 0. The number of benzene rings is 1. The molecule has 0 bridgehead atoms. The van der Waals surface area contributed by atoms with E-state index in [1.165, 1.54) is 11.3 Å². The largest absolute Gasteiger partial charge is 0.378 e. The average Bonchev–Trinajstić information content (AvgIpc) is 2.79. The summed E-state index contributed by atoms with van der Waals surface area (Å²) in [5, 5.41) is 0. The van der Waals surface area contributed by atoms with Gasteiger partial charge in [0, 0.05) is 49.3 Å². The molecule has 0 saturated carbocycles. The van der Waals surface area contributed by atoms with Crippen LogP contribution in [0.25, 0.3) is 11.3 Å². The van der Waals surface area contributed by atoms with Crippen molar-refractivity contribution < 1.29 is 4.74 Å². The molecule has 2 aromatic heterocycles. The predicted molar refractivity (Wildman–Crippen MR) is 113 cm³/mol. The summed E-state index contributed by atoms with van der Waals surface area (Å²) in [4.78, 5) is 23.1. The number of aryl methyl sites for hydroxylation is 2. The fraction of sp³-hybridized carbons (Fsp3) is 0.364. The minimum atomic E-state index is 0.717. The van der Waals surface area contributed by atoms with E-state index in [0.717, 1.165) is 74.5 Å². The lowest BCUT2D eigenvalue weighted by molar-refractivity contribution is 0.122. The van der Waals surface area contributed by atoms with Gasteiger partial charge in [-0.25, -0.2) is 15.0 Å². The molecule has 0 radical (unpaired) electrons. The summed E-state index contributed by atoms with van der Waals surface area (Å²) in [6, 6.07) is 10.6. The highest BCUT2D eigenvalue weighted by atomic mass is 16.5. The van der Waals surface area contributed by atoms with E-state index in [-0.39, 0.29) is 0 Å². The standard InChI is InChI=1S/C22H24N6O/c1-16-23-14-18(15-24-16)19-13-21(27-9-11-29-12-10-27)26-22(25-19)28-8-4-6-17-5-2-3-7-20(17)28/h2-3,5,7,13-15H,4,6,8-12H2,1H3. The highest BCUT2D eigenvalue weighted by Crippen LogP contribution is 2.33. The first-order valence-electron chi connectivity index (χ1n) is 10.1. The van der Waals surface area contributed by atoms with Crippen molar-refractivity contribution in [2.75, 3.05) is 42.6 Å². The second-order valence-electron chi connectivity index (χ2n) is 7.41. The van der Waals surface area contributed by atoms with E-state index in [4.69, 9.17) is 14.7 Å². The van der Waals surface area contributed by atoms with Crippen molar-refractivity contribution in [1.82, 2.24) is 19.9 Å². The Morgan fingerprint density at radius 3 is 2.59 bits per heavy atom. The minimum absolute atomic E-state index is 0.717. The molecule has 7 nitrogen and oxygen atoms in total. The third kappa shape index (κ3) is 3.65. The Morgan fingerprint density at radius 2 is 1.76 bits per heavy atom. The second-order valence-corrected chi connectivity index (χ2v) is 7.41. The predicted octanol–water partition coefficient (Wildman–Crippen LogP) is 3.16. The van der Waals surface area contributed by atoms with E-state index in [1.54, 1.807) is 0 Å². The maximum absolute atomic E-state index is 5.53. The van der Waals surface area contributed by atoms with Crippen LogP contribution in [0.5, 0.6) is 0 Å². The van der Waals surface area contributed by atoms with E-state index in [1.807, 2.05) is 25.4 Å². The van der Waals surface area contributed by atoms with Crippen LogP contribution in [-0.2, 0) is 11.2 Å². The zero-order valence-electron chi connectivity index (χ0n) is 16.6. The zero-order chi connectivity index (χ0) is 19.6. The molecule has 1 aromatic carbocycles. The van der Waals surface area contributed by atoms with Crippen molar-refractivity contribution in [3.8, 4) is 11.3 Å². The Labute approximate surface area is 170 Å². The molecule has 0 atom stereocenters. The van der Waals surface area contributed by atoms with Crippen molar-refractivity contribution in [2.45, 2.75) is 19.8 Å². The van der Waals surface area contributed by atoms with Crippen LogP contribution in [0, 0.1) is 6.92 Å². The molecule has 5 rings (SSSR count). The van der Waals surface area contributed by atoms with Gasteiger partial charge in [-0.3, -0.25) is 0 Å². The summed E-state index contributed by atoms with van der Waals surface area (Å²) < 4.78 is 5.53. The zero-order valence-corrected chi connectivity index (χ0v) is 16.6. The number of rotatable bonds is 3. The van der Waals surface area contributed by atoms with Crippen LogP contribution in [0.3, 0.4) is 0 Å². The van der Waals surface area contributed by atoms with Gasteiger partial charge in [0.25, 0.3) is 0 Å². The summed E-state index contributed by atoms with van der Waals surface area (Å²) in [5.74, 6) is 2.41. The number of aromatic nitrogens is 4. The molecule has 4 heterocycles. The molecule has 7 heteroatoms. The number of para-hydroxylation sites is 1. The third-order valence-electron chi connectivity index (χ3n) is 5.46. The summed E-state index contributed by atoms with van der Waals surface area (Å²) in [5.41, 5.74) is 4.29. The molecule has 0 unspecified atom stereocenters. The van der Waals surface area contributed by atoms with Crippen molar-refractivity contribution >= 4 is 17.5 Å². The van der Waals surface area contributed by atoms with Crippen molar-refractivity contribution in [1.29, 1.82) is 0 Å². The van der Waals surface area contributed by atoms with Crippen LogP contribution in [0.1, 0.15) is 17.8 Å². The van der Waals surface area contributed by atoms with Crippen molar-refractivity contribution in [2.24, 2.45) is 0 Å². The lowest BCUT2D eigenvalue weighted by Gasteiger charge is -2.32. The Bertz CT molecular complexity index is 1000. The number of anilines is 3. The van der Waals surface area contributed by atoms with Crippen LogP contribution in [-0.4, -0.2) is 52.8 Å². The molecule has 2 aliphatic heterocycles. The topological polar surface area (TPSA) is 67.3 Å². The van der Waals surface area contributed by atoms with E-state index < -0.39 is 0 Å². The Morgan fingerprint density at radius 1 is 0.966 bits per heavy atom. The molecule has 1 saturated heterocycles. The lowest BCUT2D eigenvalue weighted by atomic mass is 10.0. The first-order chi connectivity index (χ1) is 14.3. The quantitative estimate of drug-likeness (QED) is 0.683. The molecule has 148 valence electrons. The van der Waals surface area contributed by atoms with Crippen molar-refractivity contribution in [3.63, 3.8) is 0 Å². The molecular weight excluding hydrogens is 364 g/mol. The maximum Gasteiger partial charge on any atom is 0.232 e. The van der Waals surface area contributed by atoms with E-state index in [9.17, 15) is 0 Å². The summed E-state index contributed by atoms with van der Waals surface area (Å²) in [6.07, 6.45) is 5.85. The van der Waals surface area contributed by atoms with Gasteiger partial charge in [-0.05, 0) is 31.4 Å². The fourth-order valence-corrected chi connectivity index (χ4v) is 3.91. The van der Waals surface area contributed by atoms with Gasteiger partial charge in [0.05, 0.1) is 18.9 Å². The molecule has 3 aromatic rings. The number of morpholine rings is 1. The first kappa shape index (κ1) is 18.0. The summed E-state index contributed by atoms with van der Waals surface area (Å²) in [7, 11) is 0. The molecule has 0 spiro atoms. The number of hydrogen-bond acceptors (Lipinski definition) is 7. The SMILES string of the molecule is Cc1ncc(-c2cc(N3CCOCC3)nc(N3CCCc4ccccc43)n2)cn1. The Hall–Kier alpha value is -3.06. The highest BCUT2D eigenvalue weighted by molar-refractivity contribution is 5.69. The monoisotopic (exact) mass is 388 g/mol. The van der Waals surface area contributed by atoms with E-state index >= 15 is 0 Å². The Balaban J connectivity index is 1.61. The van der Waals surface area contributed by atoms with Gasteiger partial charge in [-0.15, -0.1) is 0 Å². The molecule has 2 aliphatic rings. The molecule has 1 fully saturated rings. The molecular formula is C22H24N6O. The molecule has 0 N–H and O–H groups in total. The first-order valence-corrected chi connectivity index (χ1v) is 10.1. The van der Waals surface area contributed by atoms with Crippen LogP contribution < -0.4 is 9.80 Å². The fourth-order valence-electron chi connectivity index (χ4n) is 3.91. The number of fused-ring (bicyclic) bond motifs is 1. The maximum atomic E-state index is 5.53. The van der Waals surface area contributed by atoms with Gasteiger partial charge < -0.3 is 14.5 Å². The summed E-state index contributed by atoms with van der Waals surface area (Å²) in [6.45, 7) is 5.89. The lowest BCUT2D eigenvalue weighted by Crippen LogP contribution is -2.37. The van der Waals surface area contributed by atoms with Gasteiger partial charge in [0.15, 0.2) is 0 Å². The van der Waals surface area contributed by atoms with E-state index in [2.05, 4.69) is 44.0 Å². The van der Waals surface area contributed by atoms with Gasteiger partial charge in [0.2, 0.25) is 5.95 Å². The Kier molecular flexibility index (Phi) is 4.81. The number of ether oxygens (including phenoxy) is 1. The highest BCUT2D eigenvalue weighted by Gasteiger charge is 2.23. The number of hydrogen-bond donors (Lipinski definition) is 0. The second kappa shape index (κ2) is 7.75. The van der Waals surface area contributed by atoms with Crippen LogP contribution in [0.2, 0.25) is 0 Å². The number of nitrogens with zero attached hydrogens (tertiary/aromatic N) is 6. The van der Waals surface area contributed by atoms with Crippen LogP contribution in [0.15, 0.2) is 42.7 Å². The minimum Gasteiger partial charge on any atom is -0.378 e. The van der Waals surface area contributed by atoms with E-state index in [0.29, 0.717) is 0 Å². The van der Waals surface area contributed by atoms with Gasteiger partial charge in [-0.1, -0.05) is 18.2 Å². The van der Waals surface area contributed by atoms with Crippen molar-refractivity contribution in [3.05, 3.63) is 54.1 Å². The molecule has 0 aliphatic carbocycles. The normalized spacial score (nSPS) is 16.6. The van der Waals surface area contributed by atoms with Gasteiger partial charge in [-0.2, -0.15) is 4.98 Å². The van der Waals surface area contributed by atoms with Crippen LogP contribution >= 0.6 is 0 Å². The molecule has 0 amide bonds. The van der Waals surface area contributed by atoms with Crippen LogP contribution in [0.4, 0.5) is 17.5 Å². The molecule has 29 heavy (non-hydrogen) atoms. The smallest absolute Gasteiger partial charge is 0.232 e. The van der Waals surface area contributed by atoms with Gasteiger partial charge in [0.1, 0.15) is 11.6 Å². The average molecular weight is 388 g/mol.